The molecule has 1 aliphatic rings. The van der Waals surface area contributed by atoms with E-state index in [-0.39, 0.29) is 28.9 Å². The van der Waals surface area contributed by atoms with E-state index in [9.17, 15) is 24.6 Å². The molecule has 0 saturated carbocycles. The lowest BCUT2D eigenvalue weighted by atomic mass is 9.85. The van der Waals surface area contributed by atoms with Crippen LogP contribution >= 0.6 is 0 Å². The summed E-state index contributed by atoms with van der Waals surface area (Å²) in [6.45, 7) is 8.80. The molecular formula is C21H24O6. The number of ether oxygens (including phenoxy) is 1. The molecule has 0 aromatic heterocycles. The summed E-state index contributed by atoms with van der Waals surface area (Å²) in [5.41, 5.74) is -0.367. The lowest BCUT2D eigenvalue weighted by molar-refractivity contribution is -0.156. The van der Waals surface area contributed by atoms with E-state index in [4.69, 9.17) is 4.74 Å². The van der Waals surface area contributed by atoms with Crippen LogP contribution in [0.1, 0.15) is 61.8 Å². The Balaban J connectivity index is 2.51. The molecule has 1 aromatic rings. The predicted octanol–water partition coefficient (Wildman–Crippen LogP) is 3.72. The zero-order chi connectivity index (χ0) is 20.5. The van der Waals surface area contributed by atoms with Gasteiger partial charge in [-0.2, -0.15) is 0 Å². The number of hydrogen-bond acceptors (Lipinski definition) is 6. The van der Waals surface area contributed by atoms with Crippen LogP contribution in [0.3, 0.4) is 0 Å². The first-order valence-corrected chi connectivity index (χ1v) is 8.63. The van der Waals surface area contributed by atoms with Crippen LogP contribution in [-0.4, -0.2) is 33.9 Å². The van der Waals surface area contributed by atoms with Crippen LogP contribution in [0.25, 0.3) is 0 Å². The Morgan fingerprint density at radius 1 is 1.11 bits per heavy atom. The number of rotatable bonds is 4. The highest BCUT2D eigenvalue weighted by Gasteiger charge is 2.37. The lowest BCUT2D eigenvalue weighted by Gasteiger charge is -2.26. The maximum atomic E-state index is 12.9. The van der Waals surface area contributed by atoms with Crippen LogP contribution in [0, 0.1) is 5.41 Å². The summed E-state index contributed by atoms with van der Waals surface area (Å²) < 4.78 is 5.54. The third-order valence-electron chi connectivity index (χ3n) is 4.13. The molecule has 0 bridgehead atoms. The van der Waals surface area contributed by atoms with Crippen LogP contribution < -0.4 is 0 Å². The first-order chi connectivity index (χ1) is 12.4. The zero-order valence-electron chi connectivity index (χ0n) is 16.1. The van der Waals surface area contributed by atoms with Crippen molar-refractivity contribution in [1.29, 1.82) is 0 Å². The highest BCUT2D eigenvalue weighted by Crippen LogP contribution is 2.36. The van der Waals surface area contributed by atoms with E-state index < -0.39 is 34.8 Å². The van der Waals surface area contributed by atoms with Gasteiger partial charge in [-0.3, -0.25) is 14.4 Å². The van der Waals surface area contributed by atoms with E-state index in [2.05, 4.69) is 0 Å². The average Bonchev–Trinajstić information content (AvgIpc) is 2.55. The molecular weight excluding hydrogens is 348 g/mol. The normalized spacial score (nSPS) is 14.9. The largest absolute Gasteiger partial charge is 0.507 e. The van der Waals surface area contributed by atoms with Crippen molar-refractivity contribution >= 4 is 17.5 Å². The molecule has 0 amide bonds. The van der Waals surface area contributed by atoms with Gasteiger partial charge in [0.1, 0.15) is 17.6 Å². The lowest BCUT2D eigenvalue weighted by Crippen LogP contribution is -2.33. The quantitative estimate of drug-likeness (QED) is 0.475. The van der Waals surface area contributed by atoms with Gasteiger partial charge in [0.15, 0.2) is 11.6 Å². The van der Waals surface area contributed by atoms with E-state index in [1.165, 1.54) is 0 Å². The van der Waals surface area contributed by atoms with E-state index in [1.807, 2.05) is 13.8 Å². The highest BCUT2D eigenvalue weighted by molar-refractivity contribution is 6.27. The van der Waals surface area contributed by atoms with Gasteiger partial charge in [-0.25, -0.2) is 0 Å². The Morgan fingerprint density at radius 2 is 1.67 bits per heavy atom. The van der Waals surface area contributed by atoms with Crippen molar-refractivity contribution in [3.8, 4) is 11.5 Å². The first kappa shape index (κ1) is 20.4. The van der Waals surface area contributed by atoms with Crippen LogP contribution in [0.15, 0.2) is 35.4 Å². The average molecular weight is 372 g/mol. The van der Waals surface area contributed by atoms with Gasteiger partial charge in [0.05, 0.1) is 16.5 Å². The molecule has 0 aliphatic heterocycles. The molecule has 2 N–H and O–H groups in total. The van der Waals surface area contributed by atoms with Crippen molar-refractivity contribution in [1.82, 2.24) is 0 Å². The molecule has 0 heterocycles. The first-order valence-electron chi connectivity index (χ1n) is 8.63. The molecule has 0 radical (unpaired) electrons. The van der Waals surface area contributed by atoms with Gasteiger partial charge in [-0.15, -0.1) is 0 Å². The second-order valence-corrected chi connectivity index (χ2v) is 7.81. The molecule has 1 aliphatic carbocycles. The molecule has 0 saturated heterocycles. The minimum atomic E-state index is -0.974. The SMILES string of the molecule is CC(C)=CC[C@@H](OC(=O)C(C)(C)C)C1=CC(=O)c2c(O)ccc(O)c2C1=O. The van der Waals surface area contributed by atoms with Crippen molar-refractivity contribution in [2.75, 3.05) is 0 Å². The Labute approximate surface area is 158 Å². The molecule has 0 unspecified atom stereocenters. The van der Waals surface area contributed by atoms with Gasteiger partial charge in [0, 0.05) is 12.0 Å². The number of fused-ring (bicyclic) bond motifs is 1. The Bertz CT molecular complexity index is 863. The predicted molar refractivity (Wildman–Crippen MR) is 99.9 cm³/mol. The number of carbonyl (C=O) groups excluding carboxylic acids is 3. The van der Waals surface area contributed by atoms with E-state index in [1.54, 1.807) is 26.8 Å². The zero-order valence-corrected chi connectivity index (χ0v) is 16.1. The number of aromatic hydroxyl groups is 2. The van der Waals surface area contributed by atoms with Crippen LogP contribution in [0.2, 0.25) is 0 Å². The Hall–Kier alpha value is -2.89. The number of Topliss-reactive ketones (excluding diaryl/α,β-unsaturated/α-hetero) is 1. The van der Waals surface area contributed by atoms with Crippen molar-refractivity contribution in [2.45, 2.75) is 47.1 Å². The fraction of sp³-hybridized carbons (Fsp3) is 0.381. The molecule has 0 spiro atoms. The van der Waals surface area contributed by atoms with E-state index in [0.717, 1.165) is 23.8 Å². The summed E-state index contributed by atoms with van der Waals surface area (Å²) in [7, 11) is 0. The number of esters is 1. The highest BCUT2D eigenvalue weighted by atomic mass is 16.5. The third-order valence-corrected chi connectivity index (χ3v) is 4.13. The van der Waals surface area contributed by atoms with Crippen molar-refractivity contribution < 1.29 is 29.3 Å². The molecule has 0 fully saturated rings. The number of phenols is 2. The fourth-order valence-corrected chi connectivity index (χ4v) is 2.61. The van der Waals surface area contributed by atoms with E-state index in [0.29, 0.717) is 0 Å². The van der Waals surface area contributed by atoms with Gasteiger partial charge in [0.25, 0.3) is 0 Å². The van der Waals surface area contributed by atoms with E-state index >= 15 is 0 Å². The molecule has 1 aromatic carbocycles. The van der Waals surface area contributed by atoms with Gasteiger partial charge in [-0.1, -0.05) is 11.6 Å². The number of hydrogen-bond donors (Lipinski definition) is 2. The van der Waals surface area contributed by atoms with Gasteiger partial charge in [-0.05, 0) is 52.8 Å². The number of carbonyl (C=O) groups is 3. The fourth-order valence-electron chi connectivity index (χ4n) is 2.61. The summed E-state index contributed by atoms with van der Waals surface area (Å²) in [6.07, 6.45) is 2.11. The Morgan fingerprint density at radius 3 is 2.19 bits per heavy atom. The van der Waals surface area contributed by atoms with Gasteiger partial charge in [0.2, 0.25) is 0 Å². The third kappa shape index (κ3) is 4.27. The molecule has 6 heteroatoms. The summed E-state index contributed by atoms with van der Waals surface area (Å²) in [6, 6.07) is 2.30. The number of allylic oxidation sites excluding steroid dienone is 2. The maximum absolute atomic E-state index is 12.9. The number of phenolic OH excluding ortho intramolecular Hbond substituents is 2. The summed E-state index contributed by atoms with van der Waals surface area (Å²) in [4.78, 5) is 37.8. The minimum absolute atomic E-state index is 0.0245. The molecule has 27 heavy (non-hydrogen) atoms. The van der Waals surface area contributed by atoms with Crippen LogP contribution in [0.4, 0.5) is 0 Å². The van der Waals surface area contributed by atoms with Crippen molar-refractivity contribution in [2.24, 2.45) is 5.41 Å². The van der Waals surface area contributed by atoms with Gasteiger partial charge >= 0.3 is 5.97 Å². The topological polar surface area (TPSA) is 101 Å². The molecule has 2 rings (SSSR count). The van der Waals surface area contributed by atoms with Gasteiger partial charge < -0.3 is 14.9 Å². The maximum Gasteiger partial charge on any atom is 0.311 e. The molecule has 144 valence electrons. The summed E-state index contributed by atoms with van der Waals surface area (Å²) >= 11 is 0. The molecule has 1 atom stereocenters. The second kappa shape index (κ2) is 7.39. The summed E-state index contributed by atoms with van der Waals surface area (Å²) in [5.74, 6) is -2.57. The molecule has 6 nitrogen and oxygen atoms in total. The number of ketones is 2. The minimum Gasteiger partial charge on any atom is -0.507 e. The second-order valence-electron chi connectivity index (χ2n) is 7.81. The van der Waals surface area contributed by atoms with Crippen molar-refractivity contribution in [3.05, 3.63) is 46.6 Å². The monoisotopic (exact) mass is 372 g/mol. The number of benzene rings is 1. The Kier molecular flexibility index (Phi) is 5.59. The smallest absolute Gasteiger partial charge is 0.311 e. The standard InChI is InChI=1S/C21H24O6/c1-11(2)6-9-16(27-20(26)21(3,4)5)12-10-15(24)17-13(22)7-8-14(23)18(17)19(12)25/h6-8,10,16,22-23H,9H2,1-5H3/t16-/m1/s1. The summed E-state index contributed by atoms with van der Waals surface area (Å²) in [5, 5.41) is 20.0. The van der Waals surface area contributed by atoms with Crippen LogP contribution in [-0.2, 0) is 9.53 Å². The van der Waals surface area contributed by atoms with Crippen LogP contribution in [0.5, 0.6) is 11.5 Å². The van der Waals surface area contributed by atoms with Crippen molar-refractivity contribution in [3.63, 3.8) is 0 Å².